The Labute approximate surface area is 132 Å². The summed E-state index contributed by atoms with van der Waals surface area (Å²) in [6, 6.07) is 4.62. The number of H-pyrrole nitrogens is 1. The lowest BCUT2D eigenvalue weighted by Crippen LogP contribution is -2.49. The van der Waals surface area contributed by atoms with Crippen molar-refractivity contribution in [1.82, 2.24) is 25.0 Å². The van der Waals surface area contributed by atoms with Crippen molar-refractivity contribution in [3.8, 4) is 0 Å². The number of amides is 1. The van der Waals surface area contributed by atoms with E-state index in [0.29, 0.717) is 11.7 Å². The third kappa shape index (κ3) is 3.51. The van der Waals surface area contributed by atoms with Gasteiger partial charge in [0.25, 0.3) is 5.91 Å². The van der Waals surface area contributed by atoms with Crippen LogP contribution < -0.4 is 5.32 Å². The van der Waals surface area contributed by atoms with Crippen LogP contribution >= 0.6 is 0 Å². The Morgan fingerprint density at radius 2 is 2.05 bits per heavy atom. The van der Waals surface area contributed by atoms with Crippen molar-refractivity contribution in [2.24, 2.45) is 0 Å². The van der Waals surface area contributed by atoms with Crippen molar-refractivity contribution < 1.29 is 4.79 Å². The van der Waals surface area contributed by atoms with E-state index >= 15 is 0 Å². The second-order valence-corrected chi connectivity index (χ2v) is 6.56. The summed E-state index contributed by atoms with van der Waals surface area (Å²) in [6.07, 6.45) is 1.25. The molecule has 0 aliphatic carbocycles. The average molecular weight is 305 g/mol. The highest BCUT2D eigenvalue weighted by Crippen LogP contribution is 2.18. The topological polar surface area (TPSA) is 54.6 Å². The molecule has 122 valence electrons. The fourth-order valence-corrected chi connectivity index (χ4v) is 3.44. The summed E-state index contributed by atoms with van der Waals surface area (Å²) in [5, 5.41) is 3.42. The fourth-order valence-electron chi connectivity index (χ4n) is 3.44. The molecule has 1 amide bonds. The minimum atomic E-state index is 0.0337. The van der Waals surface area contributed by atoms with Crippen LogP contribution in [0.2, 0.25) is 0 Å². The first-order valence-electron chi connectivity index (χ1n) is 8.20. The number of piperazine rings is 1. The predicted molar refractivity (Wildman–Crippen MR) is 86.9 cm³/mol. The van der Waals surface area contributed by atoms with Gasteiger partial charge in [0.2, 0.25) is 0 Å². The summed E-state index contributed by atoms with van der Waals surface area (Å²) < 4.78 is 0. The van der Waals surface area contributed by atoms with E-state index in [1.54, 1.807) is 19.0 Å². The number of aromatic nitrogens is 1. The molecule has 1 aromatic rings. The van der Waals surface area contributed by atoms with Gasteiger partial charge >= 0.3 is 0 Å². The van der Waals surface area contributed by atoms with Gasteiger partial charge in [-0.3, -0.25) is 14.6 Å². The highest BCUT2D eigenvalue weighted by molar-refractivity contribution is 5.92. The van der Waals surface area contributed by atoms with E-state index in [1.165, 1.54) is 19.5 Å². The molecule has 22 heavy (non-hydrogen) atoms. The van der Waals surface area contributed by atoms with Gasteiger partial charge in [-0.1, -0.05) is 0 Å². The van der Waals surface area contributed by atoms with Crippen molar-refractivity contribution in [1.29, 1.82) is 0 Å². The molecule has 2 aliphatic rings. The van der Waals surface area contributed by atoms with Gasteiger partial charge in [-0.15, -0.1) is 0 Å². The number of nitrogens with zero attached hydrogens (tertiary/aromatic N) is 3. The van der Waals surface area contributed by atoms with Crippen LogP contribution in [0, 0.1) is 0 Å². The van der Waals surface area contributed by atoms with E-state index in [1.807, 2.05) is 12.1 Å². The molecule has 0 aromatic carbocycles. The Morgan fingerprint density at radius 3 is 2.77 bits per heavy atom. The number of carbonyl (C=O) groups is 1. The monoisotopic (exact) mass is 305 g/mol. The van der Waals surface area contributed by atoms with Gasteiger partial charge in [-0.2, -0.15) is 0 Å². The van der Waals surface area contributed by atoms with Gasteiger partial charge in [0, 0.05) is 71.6 Å². The maximum Gasteiger partial charge on any atom is 0.269 e. The number of rotatable bonds is 4. The number of carbonyl (C=O) groups excluding carboxylic acids is 1. The maximum absolute atomic E-state index is 11.9. The molecule has 2 saturated heterocycles. The molecule has 2 aliphatic heterocycles. The number of aromatic amines is 1. The molecule has 2 fully saturated rings. The summed E-state index contributed by atoms with van der Waals surface area (Å²) in [7, 11) is 3.56. The zero-order chi connectivity index (χ0) is 15.5. The lowest BCUT2D eigenvalue weighted by molar-refractivity contribution is 0.0822. The molecule has 3 heterocycles. The van der Waals surface area contributed by atoms with Crippen molar-refractivity contribution in [3.63, 3.8) is 0 Å². The van der Waals surface area contributed by atoms with Crippen LogP contribution in [-0.2, 0) is 6.54 Å². The molecule has 1 unspecified atom stereocenters. The highest BCUT2D eigenvalue weighted by Gasteiger charge is 2.28. The second-order valence-electron chi connectivity index (χ2n) is 6.56. The van der Waals surface area contributed by atoms with Gasteiger partial charge in [0.15, 0.2) is 0 Å². The predicted octanol–water partition coefficient (Wildman–Crippen LogP) is 0.196. The smallest absolute Gasteiger partial charge is 0.269 e. The summed E-state index contributed by atoms with van der Waals surface area (Å²) in [4.78, 5) is 21.9. The van der Waals surface area contributed by atoms with Crippen LogP contribution in [0.1, 0.15) is 22.6 Å². The molecule has 6 heteroatoms. The number of hydrogen-bond acceptors (Lipinski definition) is 4. The molecule has 2 N–H and O–H groups in total. The first-order valence-corrected chi connectivity index (χ1v) is 8.20. The Hall–Kier alpha value is -1.37. The molecular weight excluding hydrogens is 278 g/mol. The zero-order valence-corrected chi connectivity index (χ0v) is 13.6. The van der Waals surface area contributed by atoms with Crippen molar-refractivity contribution >= 4 is 5.91 Å². The van der Waals surface area contributed by atoms with Gasteiger partial charge in [-0.05, 0) is 18.6 Å². The van der Waals surface area contributed by atoms with Crippen LogP contribution in [0.25, 0.3) is 0 Å². The molecule has 1 aromatic heterocycles. The largest absolute Gasteiger partial charge is 0.353 e. The zero-order valence-electron chi connectivity index (χ0n) is 13.6. The number of likely N-dealkylation sites (tertiary alicyclic amines) is 1. The molecule has 0 radical (unpaired) electrons. The molecular formula is C16H27N5O. The van der Waals surface area contributed by atoms with Crippen LogP contribution in [0.3, 0.4) is 0 Å². The van der Waals surface area contributed by atoms with Gasteiger partial charge in [0.05, 0.1) is 0 Å². The summed E-state index contributed by atoms with van der Waals surface area (Å²) >= 11 is 0. The van der Waals surface area contributed by atoms with E-state index in [9.17, 15) is 4.79 Å². The summed E-state index contributed by atoms with van der Waals surface area (Å²) in [6.45, 7) is 7.75. The standard InChI is InChI=1S/C16H27N5O/c1-19(2)16(22)15-4-3-13(18-15)11-20-8-5-14(12-20)21-9-6-17-7-10-21/h3-4,14,17-18H,5-12H2,1-2H3. The van der Waals surface area contributed by atoms with Crippen molar-refractivity contribution in [3.05, 3.63) is 23.5 Å². The molecule has 1 atom stereocenters. The first kappa shape index (κ1) is 15.5. The number of hydrogen-bond donors (Lipinski definition) is 2. The van der Waals surface area contributed by atoms with Crippen LogP contribution in [0.4, 0.5) is 0 Å². The Bertz CT molecular complexity index is 506. The van der Waals surface area contributed by atoms with Gasteiger partial charge in [-0.25, -0.2) is 0 Å². The normalized spacial score (nSPS) is 23.8. The SMILES string of the molecule is CN(C)C(=O)c1ccc(CN2CCC(N3CCNCC3)C2)[nH]1. The molecule has 6 nitrogen and oxygen atoms in total. The van der Waals surface area contributed by atoms with Crippen LogP contribution in [0.15, 0.2) is 12.1 Å². The minimum absolute atomic E-state index is 0.0337. The molecule has 0 saturated carbocycles. The second kappa shape index (κ2) is 6.81. The third-order valence-electron chi connectivity index (χ3n) is 4.69. The Kier molecular flexibility index (Phi) is 4.81. The highest BCUT2D eigenvalue weighted by atomic mass is 16.2. The average Bonchev–Trinajstić information content (AvgIpc) is 3.17. The first-order chi connectivity index (χ1) is 10.6. The van der Waals surface area contributed by atoms with Crippen LogP contribution in [-0.4, -0.2) is 85.0 Å². The van der Waals surface area contributed by atoms with Crippen molar-refractivity contribution in [2.45, 2.75) is 19.0 Å². The van der Waals surface area contributed by atoms with Gasteiger partial charge < -0.3 is 15.2 Å². The maximum atomic E-state index is 11.9. The van der Waals surface area contributed by atoms with Crippen LogP contribution in [0.5, 0.6) is 0 Å². The Balaban J connectivity index is 1.53. The summed E-state index contributed by atoms with van der Waals surface area (Å²) in [5.74, 6) is 0.0337. The van der Waals surface area contributed by atoms with Crippen molar-refractivity contribution in [2.75, 3.05) is 53.4 Å². The van der Waals surface area contributed by atoms with E-state index in [-0.39, 0.29) is 5.91 Å². The summed E-state index contributed by atoms with van der Waals surface area (Å²) in [5.41, 5.74) is 1.81. The van der Waals surface area contributed by atoms with E-state index < -0.39 is 0 Å². The van der Waals surface area contributed by atoms with E-state index in [0.717, 1.165) is 38.4 Å². The minimum Gasteiger partial charge on any atom is -0.353 e. The molecule has 3 rings (SSSR count). The number of nitrogens with one attached hydrogen (secondary N) is 2. The quantitative estimate of drug-likeness (QED) is 0.834. The molecule has 0 spiro atoms. The lowest BCUT2D eigenvalue weighted by atomic mass is 10.2. The van der Waals surface area contributed by atoms with Gasteiger partial charge in [0.1, 0.15) is 5.69 Å². The Morgan fingerprint density at radius 1 is 1.27 bits per heavy atom. The van der Waals surface area contributed by atoms with E-state index in [2.05, 4.69) is 20.1 Å². The third-order valence-corrected chi connectivity index (χ3v) is 4.69. The fraction of sp³-hybridized carbons (Fsp3) is 0.688. The van der Waals surface area contributed by atoms with E-state index in [4.69, 9.17) is 0 Å². The molecule has 0 bridgehead atoms. The lowest BCUT2D eigenvalue weighted by Gasteiger charge is -2.32.